The van der Waals surface area contributed by atoms with Crippen molar-refractivity contribution in [2.24, 2.45) is 0 Å². The summed E-state index contributed by atoms with van der Waals surface area (Å²) in [5, 5.41) is 0. The highest BCUT2D eigenvalue weighted by atomic mass is 16.7. The van der Waals surface area contributed by atoms with Crippen LogP contribution in [0, 0.1) is 0 Å². The minimum Gasteiger partial charge on any atom is -0.463 e. The van der Waals surface area contributed by atoms with E-state index in [1.807, 2.05) is 30.3 Å². The van der Waals surface area contributed by atoms with E-state index in [1.54, 1.807) is 0 Å². The largest absolute Gasteiger partial charge is 0.463 e. The molecule has 0 aromatic heterocycles. The summed E-state index contributed by atoms with van der Waals surface area (Å²) in [6.45, 7) is 3.76. The van der Waals surface area contributed by atoms with Crippen molar-refractivity contribution >= 4 is 17.9 Å². The molecule has 1 aliphatic rings. The highest BCUT2D eigenvalue weighted by Crippen LogP contribution is 2.29. The van der Waals surface area contributed by atoms with Gasteiger partial charge < -0.3 is 23.7 Å². The van der Waals surface area contributed by atoms with Crippen molar-refractivity contribution < 1.29 is 38.1 Å². The molecule has 8 heteroatoms. The Kier molecular flexibility index (Phi) is 7.11. The van der Waals surface area contributed by atoms with E-state index in [2.05, 4.69) is 0 Å². The SMILES string of the molecule is CC(=O)OC[C@H]1O[C@@H](OCc2ccccc2)[C@@H](OC(C)=O)[C@@H]1OC(C)=O. The van der Waals surface area contributed by atoms with Crippen LogP contribution in [0.5, 0.6) is 0 Å². The second kappa shape index (κ2) is 9.30. The zero-order chi connectivity index (χ0) is 19.1. The molecule has 1 aromatic rings. The summed E-state index contributed by atoms with van der Waals surface area (Å²) in [6, 6.07) is 9.35. The van der Waals surface area contributed by atoms with Gasteiger partial charge in [0.05, 0.1) is 6.61 Å². The summed E-state index contributed by atoms with van der Waals surface area (Å²) in [5.41, 5.74) is 0.894. The van der Waals surface area contributed by atoms with Crippen molar-refractivity contribution in [2.45, 2.75) is 52.0 Å². The second-order valence-corrected chi connectivity index (χ2v) is 5.79. The molecule has 1 fully saturated rings. The Bertz CT molecular complexity index is 629. The molecule has 1 heterocycles. The lowest BCUT2D eigenvalue weighted by molar-refractivity contribution is -0.194. The molecule has 0 saturated carbocycles. The van der Waals surface area contributed by atoms with Gasteiger partial charge in [0.15, 0.2) is 18.5 Å². The summed E-state index contributed by atoms with van der Waals surface area (Å²) in [4.78, 5) is 34.0. The molecule has 0 spiro atoms. The van der Waals surface area contributed by atoms with Gasteiger partial charge in [0, 0.05) is 20.8 Å². The lowest BCUT2D eigenvalue weighted by atomic mass is 10.1. The Labute approximate surface area is 151 Å². The molecule has 0 unspecified atom stereocenters. The molecule has 4 atom stereocenters. The van der Waals surface area contributed by atoms with Gasteiger partial charge in [0.25, 0.3) is 0 Å². The van der Waals surface area contributed by atoms with Crippen LogP contribution in [-0.4, -0.2) is 49.1 Å². The minimum atomic E-state index is -0.972. The topological polar surface area (TPSA) is 97.4 Å². The Balaban J connectivity index is 2.13. The van der Waals surface area contributed by atoms with Crippen molar-refractivity contribution in [3.63, 3.8) is 0 Å². The highest BCUT2D eigenvalue weighted by molar-refractivity contribution is 5.67. The van der Waals surface area contributed by atoms with E-state index in [0.29, 0.717) is 0 Å². The van der Waals surface area contributed by atoms with Crippen molar-refractivity contribution in [2.75, 3.05) is 6.61 Å². The number of rotatable bonds is 7. The number of hydrogen-bond acceptors (Lipinski definition) is 8. The standard InChI is InChI=1S/C18H22O8/c1-11(19)22-10-15-16(24-12(2)20)17(25-13(3)21)18(26-15)23-9-14-7-5-4-6-8-14/h4-8,15-18H,9-10H2,1-3H3/t15-,16-,17+,18-/m1/s1. The first-order valence-corrected chi connectivity index (χ1v) is 8.15. The first-order chi connectivity index (χ1) is 12.4. The molecule has 2 rings (SSSR count). The fourth-order valence-corrected chi connectivity index (χ4v) is 2.56. The second-order valence-electron chi connectivity index (χ2n) is 5.79. The number of hydrogen-bond donors (Lipinski definition) is 0. The van der Waals surface area contributed by atoms with Gasteiger partial charge in [-0.2, -0.15) is 0 Å². The van der Waals surface area contributed by atoms with Gasteiger partial charge >= 0.3 is 17.9 Å². The van der Waals surface area contributed by atoms with E-state index in [1.165, 1.54) is 20.8 Å². The van der Waals surface area contributed by atoms with Gasteiger partial charge in [-0.25, -0.2) is 0 Å². The van der Waals surface area contributed by atoms with Crippen molar-refractivity contribution in [1.82, 2.24) is 0 Å². The van der Waals surface area contributed by atoms with Crippen LogP contribution in [0.25, 0.3) is 0 Å². The Morgan fingerprint density at radius 1 is 0.923 bits per heavy atom. The summed E-state index contributed by atoms with van der Waals surface area (Å²) in [6.07, 6.45) is -3.70. The van der Waals surface area contributed by atoms with Crippen LogP contribution in [0.15, 0.2) is 30.3 Å². The zero-order valence-corrected chi connectivity index (χ0v) is 14.9. The Morgan fingerprint density at radius 3 is 2.12 bits per heavy atom. The summed E-state index contributed by atoms with van der Waals surface area (Å²) in [5.74, 6) is -1.66. The molecule has 1 saturated heterocycles. The van der Waals surface area contributed by atoms with Crippen LogP contribution in [0.3, 0.4) is 0 Å². The molecule has 0 amide bonds. The fraction of sp³-hybridized carbons (Fsp3) is 0.500. The minimum absolute atomic E-state index is 0.157. The molecule has 1 aromatic carbocycles. The average Bonchev–Trinajstić information content (AvgIpc) is 2.88. The summed E-state index contributed by atoms with van der Waals surface area (Å²) in [7, 11) is 0. The lowest BCUT2D eigenvalue weighted by Gasteiger charge is -2.23. The third kappa shape index (κ3) is 5.82. The number of carbonyl (C=O) groups excluding carboxylic acids is 3. The van der Waals surface area contributed by atoms with Gasteiger partial charge in [-0.3, -0.25) is 14.4 Å². The smallest absolute Gasteiger partial charge is 0.303 e. The quantitative estimate of drug-likeness (QED) is 0.527. The maximum Gasteiger partial charge on any atom is 0.303 e. The van der Waals surface area contributed by atoms with Gasteiger partial charge in [-0.05, 0) is 5.56 Å². The lowest BCUT2D eigenvalue weighted by Crippen LogP contribution is -2.41. The predicted molar refractivity (Wildman–Crippen MR) is 87.6 cm³/mol. The maximum atomic E-state index is 11.5. The first-order valence-electron chi connectivity index (χ1n) is 8.15. The summed E-state index contributed by atoms with van der Waals surface area (Å²) >= 11 is 0. The number of benzene rings is 1. The van der Waals surface area contributed by atoms with Crippen LogP contribution in [0.4, 0.5) is 0 Å². The van der Waals surface area contributed by atoms with E-state index in [4.69, 9.17) is 23.7 Å². The molecule has 0 radical (unpaired) electrons. The third-order valence-electron chi connectivity index (χ3n) is 3.58. The van der Waals surface area contributed by atoms with Crippen LogP contribution in [0.1, 0.15) is 26.3 Å². The van der Waals surface area contributed by atoms with Gasteiger partial charge in [0.1, 0.15) is 12.7 Å². The highest BCUT2D eigenvalue weighted by Gasteiger charge is 2.50. The Hall–Kier alpha value is -2.45. The van der Waals surface area contributed by atoms with Crippen molar-refractivity contribution in [3.8, 4) is 0 Å². The van der Waals surface area contributed by atoms with Gasteiger partial charge in [-0.15, -0.1) is 0 Å². The van der Waals surface area contributed by atoms with E-state index in [0.717, 1.165) is 5.56 Å². The normalized spacial score (nSPS) is 24.7. The summed E-state index contributed by atoms with van der Waals surface area (Å²) < 4.78 is 26.9. The molecule has 8 nitrogen and oxygen atoms in total. The molecule has 0 bridgehead atoms. The number of esters is 3. The van der Waals surface area contributed by atoms with E-state index in [-0.39, 0.29) is 13.2 Å². The van der Waals surface area contributed by atoms with Crippen molar-refractivity contribution in [3.05, 3.63) is 35.9 Å². The van der Waals surface area contributed by atoms with Crippen LogP contribution >= 0.6 is 0 Å². The van der Waals surface area contributed by atoms with E-state index < -0.39 is 42.5 Å². The van der Waals surface area contributed by atoms with E-state index in [9.17, 15) is 14.4 Å². The number of ether oxygens (including phenoxy) is 5. The number of carbonyl (C=O) groups is 3. The zero-order valence-electron chi connectivity index (χ0n) is 14.9. The monoisotopic (exact) mass is 366 g/mol. The van der Waals surface area contributed by atoms with Crippen molar-refractivity contribution in [1.29, 1.82) is 0 Å². The Morgan fingerprint density at radius 2 is 1.54 bits per heavy atom. The van der Waals surface area contributed by atoms with Gasteiger partial charge in [0.2, 0.25) is 0 Å². The molecule has 0 N–H and O–H groups in total. The molecule has 142 valence electrons. The van der Waals surface area contributed by atoms with E-state index >= 15 is 0 Å². The third-order valence-corrected chi connectivity index (χ3v) is 3.58. The fourth-order valence-electron chi connectivity index (χ4n) is 2.56. The van der Waals surface area contributed by atoms with Crippen LogP contribution < -0.4 is 0 Å². The average molecular weight is 366 g/mol. The van der Waals surface area contributed by atoms with Crippen LogP contribution in [-0.2, 0) is 44.7 Å². The molecular formula is C18H22O8. The molecular weight excluding hydrogens is 344 g/mol. The molecule has 1 aliphatic heterocycles. The predicted octanol–water partition coefficient (Wildman–Crippen LogP) is 1.35. The molecule has 0 aliphatic carbocycles. The first kappa shape index (κ1) is 19.9. The van der Waals surface area contributed by atoms with Crippen LogP contribution in [0.2, 0.25) is 0 Å². The maximum absolute atomic E-state index is 11.5. The van der Waals surface area contributed by atoms with Gasteiger partial charge in [-0.1, -0.05) is 30.3 Å². The molecule has 26 heavy (non-hydrogen) atoms.